The monoisotopic (exact) mass is 145 g/mol. The molecule has 0 amide bonds. The molecule has 4 heteroatoms. The molecule has 0 unspecified atom stereocenters. The van der Waals surface area contributed by atoms with Crippen molar-refractivity contribution < 1.29 is 4.73 Å². The number of hydrogen-bond donors (Lipinski definition) is 0. The van der Waals surface area contributed by atoms with Gasteiger partial charge in [0, 0.05) is 6.07 Å². The van der Waals surface area contributed by atoms with E-state index < -0.39 is 0 Å². The summed E-state index contributed by atoms with van der Waals surface area (Å²) in [6, 6.07) is 6.23. The van der Waals surface area contributed by atoms with E-state index in [2.05, 4.69) is 0 Å². The SMILES string of the molecule is N#Cc1ccc[n+]([O-])c1C#N. The molecule has 1 heterocycles. The summed E-state index contributed by atoms with van der Waals surface area (Å²) in [4.78, 5) is 0. The molecule has 0 saturated carbocycles. The number of rotatable bonds is 0. The average molecular weight is 145 g/mol. The van der Waals surface area contributed by atoms with Gasteiger partial charge < -0.3 is 5.21 Å². The molecule has 0 saturated heterocycles. The van der Waals surface area contributed by atoms with Crippen LogP contribution in [0.25, 0.3) is 0 Å². The largest absolute Gasteiger partial charge is 0.618 e. The molecule has 0 aliphatic carbocycles. The van der Waals surface area contributed by atoms with Crippen LogP contribution in [0, 0.1) is 27.9 Å². The standard InChI is InChI=1S/C7H3N3O/c8-4-6-2-1-3-10(11)7(6)5-9/h1-3H. The van der Waals surface area contributed by atoms with Crippen LogP contribution in [-0.2, 0) is 0 Å². The van der Waals surface area contributed by atoms with E-state index in [1.807, 2.05) is 0 Å². The van der Waals surface area contributed by atoms with Gasteiger partial charge in [0.2, 0.25) is 0 Å². The Bertz CT molecular complexity index is 359. The van der Waals surface area contributed by atoms with Crippen LogP contribution in [-0.4, -0.2) is 0 Å². The molecule has 11 heavy (non-hydrogen) atoms. The highest BCUT2D eigenvalue weighted by Gasteiger charge is 2.09. The van der Waals surface area contributed by atoms with E-state index >= 15 is 0 Å². The zero-order valence-corrected chi connectivity index (χ0v) is 5.48. The summed E-state index contributed by atoms with van der Waals surface area (Å²) in [5.74, 6) is 0. The molecule has 0 aliphatic rings. The van der Waals surface area contributed by atoms with E-state index in [1.165, 1.54) is 18.3 Å². The van der Waals surface area contributed by atoms with Gasteiger partial charge in [-0.05, 0) is 6.07 Å². The van der Waals surface area contributed by atoms with Crippen LogP contribution in [0.5, 0.6) is 0 Å². The van der Waals surface area contributed by atoms with Crippen LogP contribution in [0.3, 0.4) is 0 Å². The first-order valence-electron chi connectivity index (χ1n) is 2.82. The van der Waals surface area contributed by atoms with E-state index in [0.717, 1.165) is 0 Å². The first-order chi connectivity index (χ1) is 5.29. The summed E-state index contributed by atoms with van der Waals surface area (Å²) in [7, 11) is 0. The highest BCUT2D eigenvalue weighted by Crippen LogP contribution is 1.98. The van der Waals surface area contributed by atoms with Crippen LogP contribution in [0.2, 0.25) is 0 Å². The van der Waals surface area contributed by atoms with Crippen molar-refractivity contribution in [3.05, 3.63) is 34.8 Å². The van der Waals surface area contributed by atoms with E-state index in [0.29, 0.717) is 4.73 Å². The van der Waals surface area contributed by atoms with Gasteiger partial charge in [0.25, 0.3) is 0 Å². The fourth-order valence-corrected chi connectivity index (χ4v) is 0.689. The van der Waals surface area contributed by atoms with Crippen molar-refractivity contribution in [1.29, 1.82) is 10.5 Å². The van der Waals surface area contributed by atoms with Crippen molar-refractivity contribution in [2.75, 3.05) is 0 Å². The Labute approximate surface area is 63.1 Å². The van der Waals surface area contributed by atoms with Crippen molar-refractivity contribution in [1.82, 2.24) is 0 Å². The molecule has 0 atom stereocenters. The average Bonchev–Trinajstić information content (AvgIpc) is 2.04. The molecular formula is C7H3N3O. The van der Waals surface area contributed by atoms with E-state index in [4.69, 9.17) is 10.5 Å². The molecule has 4 nitrogen and oxygen atoms in total. The summed E-state index contributed by atoms with van der Waals surface area (Å²) in [6.07, 6.45) is 1.18. The van der Waals surface area contributed by atoms with Gasteiger partial charge >= 0.3 is 5.69 Å². The first kappa shape index (κ1) is 7.04. The number of hydrogen-bond acceptors (Lipinski definition) is 3. The summed E-state index contributed by atoms with van der Waals surface area (Å²) in [5, 5.41) is 27.6. The molecule has 0 spiro atoms. The Balaban J connectivity index is 3.42. The molecule has 1 rings (SSSR count). The van der Waals surface area contributed by atoms with Gasteiger partial charge in [0.05, 0.1) is 0 Å². The molecule has 1 aromatic rings. The predicted molar refractivity (Wildman–Crippen MR) is 34.8 cm³/mol. The van der Waals surface area contributed by atoms with Gasteiger partial charge in [0.1, 0.15) is 11.6 Å². The number of aromatic nitrogens is 1. The summed E-state index contributed by atoms with van der Waals surface area (Å²) in [6.45, 7) is 0. The third-order valence-corrected chi connectivity index (χ3v) is 1.19. The molecule has 0 N–H and O–H groups in total. The highest BCUT2D eigenvalue weighted by molar-refractivity contribution is 5.36. The van der Waals surface area contributed by atoms with Crippen LogP contribution in [0.4, 0.5) is 0 Å². The third kappa shape index (κ3) is 1.10. The molecule has 0 fully saturated rings. The Morgan fingerprint density at radius 1 is 1.36 bits per heavy atom. The maximum Gasteiger partial charge on any atom is 0.312 e. The van der Waals surface area contributed by atoms with Gasteiger partial charge in [-0.25, -0.2) is 0 Å². The van der Waals surface area contributed by atoms with Gasteiger partial charge in [-0.2, -0.15) is 15.3 Å². The minimum atomic E-state index is -0.157. The zero-order chi connectivity index (χ0) is 8.27. The van der Waals surface area contributed by atoms with Crippen molar-refractivity contribution in [3.63, 3.8) is 0 Å². The smallest absolute Gasteiger partial charge is 0.312 e. The summed E-state index contributed by atoms with van der Waals surface area (Å²) in [5.41, 5.74) is -0.0556. The molecule has 0 aliphatic heterocycles. The van der Waals surface area contributed by atoms with E-state index in [-0.39, 0.29) is 11.3 Å². The van der Waals surface area contributed by atoms with Crippen molar-refractivity contribution in [2.45, 2.75) is 0 Å². The van der Waals surface area contributed by atoms with Gasteiger partial charge in [-0.3, -0.25) is 0 Å². The predicted octanol–water partition coefficient (Wildman–Crippen LogP) is 0.0634. The van der Waals surface area contributed by atoms with Crippen molar-refractivity contribution in [2.24, 2.45) is 0 Å². The minimum Gasteiger partial charge on any atom is -0.618 e. The Morgan fingerprint density at radius 2 is 2.09 bits per heavy atom. The Morgan fingerprint density at radius 3 is 2.55 bits per heavy atom. The first-order valence-corrected chi connectivity index (χ1v) is 2.82. The summed E-state index contributed by atoms with van der Waals surface area (Å²) < 4.78 is 0.374. The maximum absolute atomic E-state index is 10.8. The minimum absolute atomic E-state index is 0.102. The Kier molecular flexibility index (Phi) is 1.71. The Hall–Kier alpha value is -2.07. The van der Waals surface area contributed by atoms with Crippen molar-refractivity contribution in [3.8, 4) is 12.1 Å². The second-order valence-electron chi connectivity index (χ2n) is 1.82. The topological polar surface area (TPSA) is 74.5 Å². The normalized spacial score (nSPS) is 8.18. The zero-order valence-electron chi connectivity index (χ0n) is 5.48. The van der Waals surface area contributed by atoms with Crippen LogP contribution in [0.1, 0.15) is 11.3 Å². The molecule has 52 valence electrons. The number of nitrogens with zero attached hydrogens (tertiary/aromatic N) is 3. The number of pyridine rings is 1. The third-order valence-electron chi connectivity index (χ3n) is 1.19. The van der Waals surface area contributed by atoms with E-state index in [9.17, 15) is 5.21 Å². The second-order valence-corrected chi connectivity index (χ2v) is 1.82. The van der Waals surface area contributed by atoms with Gasteiger partial charge in [-0.15, -0.1) is 0 Å². The lowest BCUT2D eigenvalue weighted by Crippen LogP contribution is -2.30. The number of nitriles is 2. The van der Waals surface area contributed by atoms with Crippen molar-refractivity contribution >= 4 is 0 Å². The second kappa shape index (κ2) is 2.68. The fraction of sp³-hybridized carbons (Fsp3) is 0. The van der Waals surface area contributed by atoms with Crippen LogP contribution in [0.15, 0.2) is 18.3 Å². The maximum atomic E-state index is 10.8. The molecule has 0 aromatic carbocycles. The molecule has 0 bridgehead atoms. The lowest BCUT2D eigenvalue weighted by atomic mass is 10.2. The quantitative estimate of drug-likeness (QED) is 0.382. The summed E-state index contributed by atoms with van der Waals surface area (Å²) >= 11 is 0. The molecular weight excluding hydrogens is 142 g/mol. The fourth-order valence-electron chi connectivity index (χ4n) is 0.689. The lowest BCUT2D eigenvalue weighted by Gasteiger charge is -1.96. The van der Waals surface area contributed by atoms with Gasteiger partial charge in [-0.1, -0.05) is 0 Å². The van der Waals surface area contributed by atoms with Gasteiger partial charge in [0.15, 0.2) is 12.3 Å². The molecule has 0 radical (unpaired) electrons. The van der Waals surface area contributed by atoms with Crippen LogP contribution < -0.4 is 4.73 Å². The highest BCUT2D eigenvalue weighted by atomic mass is 16.5. The lowest BCUT2D eigenvalue weighted by molar-refractivity contribution is -0.608. The van der Waals surface area contributed by atoms with E-state index in [1.54, 1.807) is 12.1 Å². The molecule has 1 aromatic heterocycles. The van der Waals surface area contributed by atoms with Crippen LogP contribution >= 0.6 is 0 Å².